The van der Waals surface area contributed by atoms with Gasteiger partial charge in [-0.2, -0.15) is 5.26 Å². The first-order valence-electron chi connectivity index (χ1n) is 10.3. The Hall–Kier alpha value is -3.11. The number of thiophene rings is 1. The number of nitrogens with one attached hydrogen (secondary N) is 1. The second-order valence-electron chi connectivity index (χ2n) is 6.96. The molecule has 1 heterocycles. The molecule has 0 aliphatic heterocycles. The lowest BCUT2D eigenvalue weighted by molar-refractivity contribution is -0.112. The van der Waals surface area contributed by atoms with Crippen LogP contribution in [0.5, 0.6) is 5.75 Å². The highest BCUT2D eigenvalue weighted by atomic mass is 32.1. The Balaban J connectivity index is 2.14. The predicted molar refractivity (Wildman–Crippen MR) is 123 cm³/mol. The Morgan fingerprint density at radius 1 is 1.16 bits per heavy atom. The summed E-state index contributed by atoms with van der Waals surface area (Å²) < 4.78 is 10.8. The van der Waals surface area contributed by atoms with Crippen LogP contribution in [0.1, 0.15) is 59.5 Å². The molecule has 0 radical (unpaired) electrons. The normalized spacial score (nSPS) is 11.0. The topological polar surface area (TPSA) is 88.4 Å². The summed E-state index contributed by atoms with van der Waals surface area (Å²) in [5.41, 5.74) is 1.74. The first-order valence-corrected chi connectivity index (χ1v) is 11.2. The van der Waals surface area contributed by atoms with Crippen LogP contribution in [0.4, 0.5) is 5.00 Å². The SMILES string of the molecule is CCCCCOc1ccc(C=C(C#N)C(=O)Nc2sc(C)c(C)c2C(=O)OCC)cc1. The van der Waals surface area contributed by atoms with Crippen molar-refractivity contribution in [3.63, 3.8) is 0 Å². The zero-order chi connectivity index (χ0) is 22.8. The van der Waals surface area contributed by atoms with Crippen LogP contribution in [0.3, 0.4) is 0 Å². The lowest BCUT2D eigenvalue weighted by atomic mass is 10.1. The molecule has 1 amide bonds. The number of carbonyl (C=O) groups is 2. The van der Waals surface area contributed by atoms with Crippen LogP contribution in [0.25, 0.3) is 6.08 Å². The number of aryl methyl sites for hydroxylation is 1. The molecule has 1 aromatic heterocycles. The van der Waals surface area contributed by atoms with Crippen molar-refractivity contribution in [1.82, 2.24) is 0 Å². The first kappa shape index (κ1) is 24.2. The second-order valence-corrected chi connectivity index (χ2v) is 8.18. The molecule has 0 fully saturated rings. The summed E-state index contributed by atoms with van der Waals surface area (Å²) in [4.78, 5) is 25.9. The quantitative estimate of drug-likeness (QED) is 0.223. The van der Waals surface area contributed by atoms with Gasteiger partial charge in [0.05, 0.1) is 18.8 Å². The molecule has 164 valence electrons. The third kappa shape index (κ3) is 6.69. The van der Waals surface area contributed by atoms with Gasteiger partial charge >= 0.3 is 5.97 Å². The van der Waals surface area contributed by atoms with E-state index in [1.807, 2.05) is 25.1 Å². The molecule has 7 heteroatoms. The van der Waals surface area contributed by atoms with Gasteiger partial charge in [-0.05, 0) is 56.5 Å². The third-order valence-electron chi connectivity index (χ3n) is 4.66. The van der Waals surface area contributed by atoms with Crippen LogP contribution in [0.2, 0.25) is 0 Å². The molecular formula is C24H28N2O4S. The van der Waals surface area contributed by atoms with Gasteiger partial charge in [-0.3, -0.25) is 4.79 Å². The molecule has 0 aliphatic carbocycles. The molecule has 2 aromatic rings. The predicted octanol–water partition coefficient (Wildman–Crippen LogP) is 5.66. The molecule has 0 saturated carbocycles. The molecule has 6 nitrogen and oxygen atoms in total. The minimum Gasteiger partial charge on any atom is -0.494 e. The molecule has 0 atom stereocenters. The number of hydrogen-bond acceptors (Lipinski definition) is 6. The lowest BCUT2D eigenvalue weighted by Crippen LogP contribution is -2.16. The van der Waals surface area contributed by atoms with E-state index in [4.69, 9.17) is 9.47 Å². The zero-order valence-corrected chi connectivity index (χ0v) is 19.2. The minimum absolute atomic E-state index is 0.0601. The van der Waals surface area contributed by atoms with Gasteiger partial charge in [0, 0.05) is 4.88 Å². The van der Waals surface area contributed by atoms with E-state index < -0.39 is 11.9 Å². The Morgan fingerprint density at radius 2 is 1.87 bits per heavy atom. The number of ether oxygens (including phenoxy) is 2. The number of unbranched alkanes of at least 4 members (excludes halogenated alkanes) is 2. The molecule has 1 aromatic carbocycles. The van der Waals surface area contributed by atoms with Crippen molar-refractivity contribution < 1.29 is 19.1 Å². The van der Waals surface area contributed by atoms with Crippen molar-refractivity contribution in [1.29, 1.82) is 5.26 Å². The molecule has 1 N–H and O–H groups in total. The van der Waals surface area contributed by atoms with Crippen LogP contribution < -0.4 is 10.1 Å². The summed E-state index contributed by atoms with van der Waals surface area (Å²) in [5.74, 6) is -0.314. The molecule has 0 saturated heterocycles. The fraction of sp³-hybridized carbons (Fsp3) is 0.375. The van der Waals surface area contributed by atoms with Gasteiger partial charge in [-0.1, -0.05) is 31.9 Å². The summed E-state index contributed by atoms with van der Waals surface area (Å²) in [6, 6.07) is 9.15. The van der Waals surface area contributed by atoms with Crippen LogP contribution in [0.15, 0.2) is 29.8 Å². The van der Waals surface area contributed by atoms with Gasteiger partial charge in [0.1, 0.15) is 22.4 Å². The van der Waals surface area contributed by atoms with E-state index in [1.54, 1.807) is 26.0 Å². The van der Waals surface area contributed by atoms with E-state index in [1.165, 1.54) is 17.4 Å². The smallest absolute Gasteiger partial charge is 0.341 e. The Bertz CT molecular complexity index is 984. The van der Waals surface area contributed by atoms with E-state index in [-0.39, 0.29) is 12.2 Å². The Labute approximate surface area is 187 Å². The van der Waals surface area contributed by atoms with Crippen LogP contribution in [0, 0.1) is 25.2 Å². The highest BCUT2D eigenvalue weighted by Crippen LogP contribution is 2.33. The second kappa shape index (κ2) is 11.9. The molecule has 0 unspecified atom stereocenters. The van der Waals surface area contributed by atoms with Crippen molar-refractivity contribution in [3.8, 4) is 11.8 Å². The number of anilines is 1. The number of nitriles is 1. The number of nitrogens with zero attached hydrogens (tertiary/aromatic N) is 1. The molecule has 0 bridgehead atoms. The van der Waals surface area contributed by atoms with Crippen molar-refractivity contribution >= 4 is 34.3 Å². The molecule has 0 aliphatic rings. The maximum atomic E-state index is 12.7. The molecule has 2 rings (SSSR count). The van der Waals surface area contributed by atoms with Gasteiger partial charge in [-0.15, -0.1) is 11.3 Å². The standard InChI is InChI=1S/C24H28N2O4S/c1-5-7-8-13-30-20-11-9-18(10-12-20)14-19(15-25)22(27)26-23-21(24(28)29-6-2)16(3)17(4)31-23/h9-12,14H,5-8,13H2,1-4H3,(H,26,27). The van der Waals surface area contributed by atoms with Crippen molar-refractivity contribution in [2.24, 2.45) is 0 Å². The Morgan fingerprint density at radius 3 is 2.48 bits per heavy atom. The maximum absolute atomic E-state index is 12.7. The first-order chi connectivity index (χ1) is 14.9. The third-order valence-corrected chi connectivity index (χ3v) is 5.79. The van der Waals surface area contributed by atoms with Gasteiger partial charge in [0.25, 0.3) is 5.91 Å². The van der Waals surface area contributed by atoms with E-state index >= 15 is 0 Å². The highest BCUT2D eigenvalue weighted by molar-refractivity contribution is 7.16. The fourth-order valence-electron chi connectivity index (χ4n) is 2.85. The van der Waals surface area contributed by atoms with Gasteiger partial charge in [0.2, 0.25) is 0 Å². The fourth-order valence-corrected chi connectivity index (χ4v) is 3.90. The van der Waals surface area contributed by atoms with Gasteiger partial charge in [0.15, 0.2) is 0 Å². The number of carbonyl (C=O) groups excluding carboxylic acids is 2. The van der Waals surface area contributed by atoms with E-state index in [9.17, 15) is 14.9 Å². The summed E-state index contributed by atoms with van der Waals surface area (Å²) >= 11 is 1.28. The summed E-state index contributed by atoms with van der Waals surface area (Å²) in [6.45, 7) is 8.44. The minimum atomic E-state index is -0.575. The van der Waals surface area contributed by atoms with Crippen molar-refractivity contribution in [2.45, 2.75) is 47.0 Å². The Kier molecular flexibility index (Phi) is 9.29. The average molecular weight is 441 g/mol. The van der Waals surface area contributed by atoms with Crippen LogP contribution >= 0.6 is 11.3 Å². The van der Waals surface area contributed by atoms with Gasteiger partial charge < -0.3 is 14.8 Å². The summed E-state index contributed by atoms with van der Waals surface area (Å²) in [7, 11) is 0. The number of amides is 1. The van der Waals surface area contributed by atoms with Crippen LogP contribution in [-0.4, -0.2) is 25.1 Å². The summed E-state index contributed by atoms with van der Waals surface area (Å²) in [6.07, 6.45) is 4.78. The monoisotopic (exact) mass is 440 g/mol. The van der Waals surface area contributed by atoms with Crippen molar-refractivity contribution in [3.05, 3.63) is 51.4 Å². The molecular weight excluding hydrogens is 412 g/mol. The van der Waals surface area contributed by atoms with Gasteiger partial charge in [-0.25, -0.2) is 4.79 Å². The number of benzene rings is 1. The number of hydrogen-bond donors (Lipinski definition) is 1. The molecule has 0 spiro atoms. The van der Waals surface area contributed by atoms with E-state index in [0.29, 0.717) is 22.7 Å². The average Bonchev–Trinajstić information content (AvgIpc) is 3.03. The van der Waals surface area contributed by atoms with E-state index in [2.05, 4.69) is 12.2 Å². The maximum Gasteiger partial charge on any atom is 0.341 e. The highest BCUT2D eigenvalue weighted by Gasteiger charge is 2.23. The zero-order valence-electron chi connectivity index (χ0n) is 18.4. The van der Waals surface area contributed by atoms with E-state index in [0.717, 1.165) is 35.5 Å². The van der Waals surface area contributed by atoms with Crippen LogP contribution in [-0.2, 0) is 9.53 Å². The lowest BCUT2D eigenvalue weighted by Gasteiger charge is -2.07. The number of esters is 1. The molecule has 31 heavy (non-hydrogen) atoms. The van der Waals surface area contributed by atoms with Crippen molar-refractivity contribution in [2.75, 3.05) is 18.5 Å². The number of rotatable bonds is 10. The largest absolute Gasteiger partial charge is 0.494 e. The summed E-state index contributed by atoms with van der Waals surface area (Å²) in [5, 5.41) is 12.6.